The first-order chi connectivity index (χ1) is 12.8. The molecule has 0 unspecified atom stereocenters. The molecule has 138 valence electrons. The summed E-state index contributed by atoms with van der Waals surface area (Å²) < 4.78 is 0. The van der Waals surface area contributed by atoms with E-state index >= 15 is 0 Å². The van der Waals surface area contributed by atoms with E-state index in [2.05, 4.69) is 11.9 Å². The summed E-state index contributed by atoms with van der Waals surface area (Å²) in [4.78, 5) is 27.3. The lowest BCUT2D eigenvalue weighted by atomic mass is 9.97. The zero-order valence-corrected chi connectivity index (χ0v) is 16.2. The SMILES string of the molecule is C=CCN1C(=O)C(Nc2cccc(C)c2C)=C(c2ccc(C)cc2C)C1=O. The molecule has 1 heterocycles. The molecule has 27 heavy (non-hydrogen) atoms. The fourth-order valence-electron chi connectivity index (χ4n) is 3.35. The smallest absolute Gasteiger partial charge is 0.278 e. The molecule has 0 fully saturated rings. The lowest BCUT2D eigenvalue weighted by molar-refractivity contribution is -0.136. The Bertz CT molecular complexity index is 986. The van der Waals surface area contributed by atoms with Crippen LogP contribution in [0.5, 0.6) is 0 Å². The van der Waals surface area contributed by atoms with Gasteiger partial charge in [-0.1, -0.05) is 42.0 Å². The van der Waals surface area contributed by atoms with Gasteiger partial charge in [0.2, 0.25) is 0 Å². The number of hydrogen-bond donors (Lipinski definition) is 1. The van der Waals surface area contributed by atoms with E-state index in [9.17, 15) is 9.59 Å². The fourth-order valence-corrected chi connectivity index (χ4v) is 3.35. The van der Waals surface area contributed by atoms with E-state index < -0.39 is 0 Å². The summed E-state index contributed by atoms with van der Waals surface area (Å²) in [6, 6.07) is 11.8. The summed E-state index contributed by atoms with van der Waals surface area (Å²) in [6.07, 6.45) is 1.57. The Kier molecular flexibility index (Phi) is 5.00. The van der Waals surface area contributed by atoms with Crippen LogP contribution in [0.1, 0.15) is 27.8 Å². The quantitative estimate of drug-likeness (QED) is 0.639. The van der Waals surface area contributed by atoms with Gasteiger partial charge >= 0.3 is 0 Å². The maximum atomic E-state index is 13.1. The van der Waals surface area contributed by atoms with Crippen LogP contribution in [0.25, 0.3) is 5.57 Å². The van der Waals surface area contributed by atoms with Crippen LogP contribution in [0, 0.1) is 27.7 Å². The maximum absolute atomic E-state index is 13.1. The van der Waals surface area contributed by atoms with Crippen LogP contribution in [-0.4, -0.2) is 23.3 Å². The van der Waals surface area contributed by atoms with Crippen molar-refractivity contribution in [3.8, 4) is 0 Å². The van der Waals surface area contributed by atoms with Crippen LogP contribution in [0.4, 0.5) is 5.69 Å². The van der Waals surface area contributed by atoms with Crippen molar-refractivity contribution in [3.05, 3.63) is 82.6 Å². The molecular weight excluding hydrogens is 336 g/mol. The van der Waals surface area contributed by atoms with Crippen LogP contribution in [0.15, 0.2) is 54.8 Å². The molecule has 0 atom stereocenters. The molecule has 0 saturated carbocycles. The summed E-state index contributed by atoms with van der Waals surface area (Å²) >= 11 is 0. The average Bonchev–Trinajstić information content (AvgIpc) is 2.84. The number of carbonyl (C=O) groups is 2. The molecule has 1 aliphatic rings. The molecule has 0 aromatic heterocycles. The van der Waals surface area contributed by atoms with Gasteiger partial charge in [-0.05, 0) is 56.0 Å². The average molecular weight is 360 g/mol. The number of amides is 2. The highest BCUT2D eigenvalue weighted by Crippen LogP contribution is 2.33. The monoisotopic (exact) mass is 360 g/mol. The molecule has 1 aliphatic heterocycles. The van der Waals surface area contributed by atoms with Crippen molar-refractivity contribution in [1.29, 1.82) is 0 Å². The van der Waals surface area contributed by atoms with Gasteiger partial charge in [-0.15, -0.1) is 6.58 Å². The van der Waals surface area contributed by atoms with E-state index in [-0.39, 0.29) is 18.4 Å². The van der Waals surface area contributed by atoms with Gasteiger partial charge in [0.05, 0.1) is 5.57 Å². The van der Waals surface area contributed by atoms with Gasteiger partial charge in [0.25, 0.3) is 11.8 Å². The number of nitrogens with one attached hydrogen (secondary N) is 1. The van der Waals surface area contributed by atoms with Crippen LogP contribution in [0.2, 0.25) is 0 Å². The summed E-state index contributed by atoms with van der Waals surface area (Å²) in [6.45, 7) is 11.8. The van der Waals surface area contributed by atoms with E-state index in [0.717, 1.165) is 33.5 Å². The summed E-state index contributed by atoms with van der Waals surface area (Å²) in [5.74, 6) is -0.615. The molecule has 4 nitrogen and oxygen atoms in total. The number of aryl methyl sites for hydroxylation is 3. The molecule has 2 aromatic rings. The molecular formula is C23H24N2O2. The number of rotatable bonds is 5. The Balaban J connectivity index is 2.17. The highest BCUT2D eigenvalue weighted by molar-refractivity contribution is 6.36. The van der Waals surface area contributed by atoms with Crippen molar-refractivity contribution < 1.29 is 9.59 Å². The number of imide groups is 1. The van der Waals surface area contributed by atoms with Crippen molar-refractivity contribution in [2.45, 2.75) is 27.7 Å². The van der Waals surface area contributed by atoms with Crippen LogP contribution < -0.4 is 5.32 Å². The number of benzene rings is 2. The third-order valence-electron chi connectivity index (χ3n) is 5.00. The summed E-state index contributed by atoms with van der Waals surface area (Å²) in [5.41, 5.74) is 6.59. The van der Waals surface area contributed by atoms with Crippen molar-refractivity contribution in [3.63, 3.8) is 0 Å². The zero-order chi connectivity index (χ0) is 19.7. The molecule has 1 N–H and O–H groups in total. The Morgan fingerprint density at radius 2 is 1.74 bits per heavy atom. The van der Waals surface area contributed by atoms with Gasteiger partial charge < -0.3 is 5.32 Å². The van der Waals surface area contributed by atoms with Gasteiger partial charge in [0.1, 0.15) is 5.70 Å². The summed E-state index contributed by atoms with van der Waals surface area (Å²) in [5, 5.41) is 3.24. The van der Waals surface area contributed by atoms with E-state index in [4.69, 9.17) is 0 Å². The largest absolute Gasteiger partial charge is 0.350 e. The van der Waals surface area contributed by atoms with E-state index in [1.807, 2.05) is 64.1 Å². The Hall–Kier alpha value is -3.14. The Morgan fingerprint density at radius 1 is 1.00 bits per heavy atom. The second-order valence-electron chi connectivity index (χ2n) is 6.95. The molecule has 0 spiro atoms. The van der Waals surface area contributed by atoms with E-state index in [1.54, 1.807) is 6.08 Å². The van der Waals surface area contributed by atoms with Crippen LogP contribution in [0.3, 0.4) is 0 Å². The minimum Gasteiger partial charge on any atom is -0.350 e. The first-order valence-electron chi connectivity index (χ1n) is 8.97. The van der Waals surface area contributed by atoms with Gasteiger partial charge in [-0.3, -0.25) is 14.5 Å². The standard InChI is InChI=1S/C23H24N2O2/c1-6-12-25-22(26)20(18-11-10-14(2)13-16(18)4)21(23(25)27)24-19-9-7-8-15(3)17(19)5/h6-11,13,24H,1,12H2,2-5H3. The number of nitrogens with zero attached hydrogens (tertiary/aromatic N) is 1. The van der Waals surface area contributed by atoms with Gasteiger partial charge in [0.15, 0.2) is 0 Å². The predicted octanol–water partition coefficient (Wildman–Crippen LogP) is 4.30. The molecule has 0 bridgehead atoms. The van der Waals surface area contributed by atoms with Crippen LogP contribution >= 0.6 is 0 Å². The fraction of sp³-hybridized carbons (Fsp3) is 0.217. The second kappa shape index (κ2) is 7.23. The maximum Gasteiger partial charge on any atom is 0.278 e. The van der Waals surface area contributed by atoms with Gasteiger partial charge in [-0.2, -0.15) is 0 Å². The topological polar surface area (TPSA) is 49.4 Å². The Morgan fingerprint density at radius 3 is 2.41 bits per heavy atom. The summed E-state index contributed by atoms with van der Waals surface area (Å²) in [7, 11) is 0. The number of carbonyl (C=O) groups excluding carboxylic acids is 2. The van der Waals surface area contributed by atoms with E-state index in [1.165, 1.54) is 4.90 Å². The first-order valence-corrected chi connectivity index (χ1v) is 8.97. The zero-order valence-electron chi connectivity index (χ0n) is 16.2. The second-order valence-corrected chi connectivity index (χ2v) is 6.95. The Labute approximate surface area is 160 Å². The predicted molar refractivity (Wildman–Crippen MR) is 109 cm³/mol. The molecule has 2 amide bonds. The van der Waals surface area contributed by atoms with Crippen molar-refractivity contribution >= 4 is 23.1 Å². The molecule has 0 radical (unpaired) electrons. The van der Waals surface area contributed by atoms with Crippen molar-refractivity contribution in [2.24, 2.45) is 0 Å². The number of anilines is 1. The van der Waals surface area contributed by atoms with Crippen molar-refractivity contribution in [2.75, 3.05) is 11.9 Å². The molecule has 4 heteroatoms. The highest BCUT2D eigenvalue weighted by Gasteiger charge is 2.39. The molecule has 2 aromatic carbocycles. The lowest BCUT2D eigenvalue weighted by Crippen LogP contribution is -2.32. The number of hydrogen-bond acceptors (Lipinski definition) is 3. The van der Waals surface area contributed by atoms with Gasteiger partial charge in [0, 0.05) is 12.2 Å². The highest BCUT2D eigenvalue weighted by atomic mass is 16.2. The normalized spacial score (nSPS) is 14.1. The molecule has 0 aliphatic carbocycles. The van der Waals surface area contributed by atoms with E-state index in [0.29, 0.717) is 11.3 Å². The lowest BCUT2D eigenvalue weighted by Gasteiger charge is -2.14. The van der Waals surface area contributed by atoms with Crippen molar-refractivity contribution in [1.82, 2.24) is 4.90 Å². The molecule has 3 rings (SSSR count). The third-order valence-corrected chi connectivity index (χ3v) is 5.00. The minimum absolute atomic E-state index is 0.185. The van der Waals surface area contributed by atoms with Crippen LogP contribution in [-0.2, 0) is 9.59 Å². The minimum atomic E-state index is -0.323. The van der Waals surface area contributed by atoms with Gasteiger partial charge in [-0.25, -0.2) is 0 Å². The first kappa shape index (κ1) is 18.6. The third kappa shape index (κ3) is 3.31. The molecule has 0 saturated heterocycles.